The first kappa shape index (κ1) is 11.9. The van der Waals surface area contributed by atoms with Crippen molar-refractivity contribution < 1.29 is 13.9 Å². The molecular weight excluding hydrogens is 230 g/mol. The first-order valence-corrected chi connectivity index (χ1v) is 5.45. The molecule has 1 unspecified atom stereocenters. The molecule has 0 fully saturated rings. The highest BCUT2D eigenvalue weighted by Gasteiger charge is 2.35. The lowest BCUT2D eigenvalue weighted by atomic mass is 10.2. The van der Waals surface area contributed by atoms with Crippen LogP contribution in [0.3, 0.4) is 0 Å². The fourth-order valence-electron chi connectivity index (χ4n) is 1.03. The molecule has 80 valence electrons. The second-order valence-corrected chi connectivity index (χ2v) is 4.74. The standard InChI is InChI=1S/C9H11ClF2OS/c1-2-6-3-4-7(14-6)5-8(13)9(10,11)12/h3-4,8,13H,2,5H2,1H3. The third-order valence-electron chi connectivity index (χ3n) is 1.84. The van der Waals surface area contributed by atoms with Gasteiger partial charge < -0.3 is 5.11 Å². The second kappa shape index (κ2) is 4.55. The second-order valence-electron chi connectivity index (χ2n) is 2.98. The van der Waals surface area contributed by atoms with Gasteiger partial charge in [-0.2, -0.15) is 8.78 Å². The molecule has 1 atom stereocenters. The smallest absolute Gasteiger partial charge is 0.347 e. The van der Waals surface area contributed by atoms with Crippen molar-refractivity contribution in [1.29, 1.82) is 0 Å². The van der Waals surface area contributed by atoms with E-state index in [9.17, 15) is 8.78 Å². The summed E-state index contributed by atoms with van der Waals surface area (Å²) in [6.07, 6.45) is -1.04. The zero-order valence-corrected chi connectivity index (χ0v) is 9.21. The van der Waals surface area contributed by atoms with E-state index in [0.717, 1.165) is 16.2 Å². The number of aliphatic hydroxyl groups is 1. The van der Waals surface area contributed by atoms with Crippen molar-refractivity contribution in [1.82, 2.24) is 0 Å². The molecule has 5 heteroatoms. The molecule has 1 rings (SSSR count). The van der Waals surface area contributed by atoms with Gasteiger partial charge in [-0.1, -0.05) is 6.92 Å². The van der Waals surface area contributed by atoms with Gasteiger partial charge in [0.15, 0.2) is 0 Å². The van der Waals surface area contributed by atoms with Crippen molar-refractivity contribution in [2.75, 3.05) is 0 Å². The maximum absolute atomic E-state index is 12.4. The van der Waals surface area contributed by atoms with Gasteiger partial charge in [-0.25, -0.2) is 0 Å². The molecule has 1 nitrogen and oxygen atoms in total. The summed E-state index contributed by atoms with van der Waals surface area (Å²) in [6, 6.07) is 3.62. The summed E-state index contributed by atoms with van der Waals surface area (Å²) in [5.74, 6) is 0. The van der Waals surface area contributed by atoms with E-state index in [0.29, 0.717) is 0 Å². The number of hydrogen-bond acceptors (Lipinski definition) is 2. The molecular formula is C9H11ClF2OS. The predicted molar refractivity (Wildman–Crippen MR) is 54.2 cm³/mol. The molecule has 0 aliphatic carbocycles. The van der Waals surface area contributed by atoms with Gasteiger partial charge in [0.2, 0.25) is 0 Å². The monoisotopic (exact) mass is 240 g/mol. The molecule has 1 heterocycles. The lowest BCUT2D eigenvalue weighted by molar-refractivity contribution is -0.0393. The molecule has 14 heavy (non-hydrogen) atoms. The highest BCUT2D eigenvalue weighted by Crippen LogP contribution is 2.28. The SMILES string of the molecule is CCc1ccc(CC(O)C(F)(F)Cl)s1. The van der Waals surface area contributed by atoms with Gasteiger partial charge >= 0.3 is 5.38 Å². The van der Waals surface area contributed by atoms with E-state index in [4.69, 9.17) is 16.7 Å². The fourth-order valence-corrected chi connectivity index (χ4v) is 2.10. The number of rotatable bonds is 4. The topological polar surface area (TPSA) is 20.2 Å². The van der Waals surface area contributed by atoms with E-state index >= 15 is 0 Å². The summed E-state index contributed by atoms with van der Waals surface area (Å²) in [7, 11) is 0. The molecule has 0 radical (unpaired) electrons. The molecule has 1 aromatic heterocycles. The van der Waals surface area contributed by atoms with Crippen molar-refractivity contribution in [3.63, 3.8) is 0 Å². The normalized spacial score (nSPS) is 14.4. The molecule has 0 bridgehead atoms. The Hall–Kier alpha value is -0.190. The Morgan fingerprint density at radius 2 is 2.07 bits per heavy atom. The van der Waals surface area contributed by atoms with Crippen molar-refractivity contribution in [3.8, 4) is 0 Å². The Kier molecular flexibility index (Phi) is 3.86. The Bertz CT molecular complexity index is 295. The molecule has 1 N–H and O–H groups in total. The Labute approximate surface area is 90.3 Å². The molecule has 0 spiro atoms. The predicted octanol–water partition coefficient (Wildman–Crippen LogP) is 3.05. The van der Waals surface area contributed by atoms with Crippen LogP contribution in [0, 0.1) is 0 Å². The van der Waals surface area contributed by atoms with Gasteiger partial charge in [-0.3, -0.25) is 0 Å². The molecule has 0 aliphatic heterocycles. The third-order valence-corrected chi connectivity index (χ3v) is 3.34. The molecule has 0 saturated carbocycles. The summed E-state index contributed by atoms with van der Waals surface area (Å²) in [6.45, 7) is 1.99. The van der Waals surface area contributed by atoms with Crippen LogP contribution in [0.25, 0.3) is 0 Å². The summed E-state index contributed by atoms with van der Waals surface area (Å²) < 4.78 is 24.8. The number of thiophene rings is 1. The number of halogens is 3. The minimum atomic E-state index is -3.55. The van der Waals surface area contributed by atoms with Crippen LogP contribution in [-0.2, 0) is 12.8 Å². The molecule has 0 aliphatic rings. The maximum atomic E-state index is 12.4. The van der Waals surface area contributed by atoms with Crippen LogP contribution in [0.2, 0.25) is 0 Å². The third kappa shape index (κ3) is 3.19. The van der Waals surface area contributed by atoms with Crippen LogP contribution in [0.4, 0.5) is 8.78 Å². The lowest BCUT2D eigenvalue weighted by Crippen LogP contribution is -2.29. The van der Waals surface area contributed by atoms with Crippen LogP contribution in [0.1, 0.15) is 16.7 Å². The van der Waals surface area contributed by atoms with Gasteiger partial charge in [0, 0.05) is 16.2 Å². The Balaban J connectivity index is 2.60. The lowest BCUT2D eigenvalue weighted by Gasteiger charge is -2.14. The Morgan fingerprint density at radius 1 is 1.50 bits per heavy atom. The van der Waals surface area contributed by atoms with Crippen molar-refractivity contribution in [2.24, 2.45) is 0 Å². The highest BCUT2D eigenvalue weighted by molar-refractivity contribution is 7.11. The van der Waals surface area contributed by atoms with Crippen LogP contribution >= 0.6 is 22.9 Å². The average Bonchev–Trinajstić information content (AvgIpc) is 2.50. The van der Waals surface area contributed by atoms with E-state index in [1.54, 1.807) is 6.07 Å². The Morgan fingerprint density at radius 3 is 2.50 bits per heavy atom. The van der Waals surface area contributed by atoms with Gasteiger partial charge in [0.05, 0.1) is 0 Å². The van der Waals surface area contributed by atoms with Crippen molar-refractivity contribution in [2.45, 2.75) is 31.3 Å². The van der Waals surface area contributed by atoms with Gasteiger partial charge in [-0.15, -0.1) is 11.3 Å². The fraction of sp³-hybridized carbons (Fsp3) is 0.556. The number of aryl methyl sites for hydroxylation is 1. The van der Waals surface area contributed by atoms with Crippen LogP contribution in [0.15, 0.2) is 12.1 Å². The summed E-state index contributed by atoms with van der Waals surface area (Å²) in [5, 5.41) is 5.50. The minimum Gasteiger partial charge on any atom is -0.385 e. The number of aliphatic hydroxyl groups excluding tert-OH is 1. The van der Waals surface area contributed by atoms with Crippen LogP contribution < -0.4 is 0 Å². The first-order valence-electron chi connectivity index (χ1n) is 4.26. The first-order chi connectivity index (χ1) is 6.43. The zero-order valence-electron chi connectivity index (χ0n) is 7.64. The van der Waals surface area contributed by atoms with E-state index in [-0.39, 0.29) is 6.42 Å². The summed E-state index contributed by atoms with van der Waals surface area (Å²) in [5.41, 5.74) is 0. The van der Waals surface area contributed by atoms with E-state index in [1.807, 2.05) is 13.0 Å². The number of alkyl halides is 3. The average molecular weight is 241 g/mol. The van der Waals surface area contributed by atoms with Gasteiger partial charge in [-0.05, 0) is 30.2 Å². The van der Waals surface area contributed by atoms with Crippen LogP contribution in [-0.4, -0.2) is 16.6 Å². The quantitative estimate of drug-likeness (QED) is 0.802. The van der Waals surface area contributed by atoms with Gasteiger partial charge in [0.25, 0.3) is 0 Å². The molecule has 0 aromatic carbocycles. The minimum absolute atomic E-state index is 0.0961. The summed E-state index contributed by atoms with van der Waals surface area (Å²) >= 11 is 6.12. The van der Waals surface area contributed by atoms with Crippen molar-refractivity contribution in [3.05, 3.63) is 21.9 Å². The zero-order chi connectivity index (χ0) is 10.8. The van der Waals surface area contributed by atoms with E-state index in [1.165, 1.54) is 11.3 Å². The van der Waals surface area contributed by atoms with E-state index < -0.39 is 11.5 Å². The highest BCUT2D eigenvalue weighted by atomic mass is 35.5. The van der Waals surface area contributed by atoms with Crippen molar-refractivity contribution >= 4 is 22.9 Å². The van der Waals surface area contributed by atoms with Crippen LogP contribution in [0.5, 0.6) is 0 Å². The largest absolute Gasteiger partial charge is 0.385 e. The van der Waals surface area contributed by atoms with E-state index in [2.05, 4.69) is 0 Å². The maximum Gasteiger partial charge on any atom is 0.347 e. The van der Waals surface area contributed by atoms with Gasteiger partial charge in [0.1, 0.15) is 6.10 Å². The number of hydrogen-bond donors (Lipinski definition) is 1. The molecule has 1 aromatic rings. The summed E-state index contributed by atoms with van der Waals surface area (Å²) in [4.78, 5) is 1.85. The molecule has 0 amide bonds. The molecule has 0 saturated heterocycles.